The summed E-state index contributed by atoms with van der Waals surface area (Å²) < 4.78 is 0. The number of hydrogen-bond acceptors (Lipinski definition) is 5. The van der Waals surface area contributed by atoms with Crippen LogP contribution >= 0.6 is 0 Å². The van der Waals surface area contributed by atoms with E-state index in [1.807, 2.05) is 41.3 Å². The summed E-state index contributed by atoms with van der Waals surface area (Å²) in [5, 5.41) is 23.8. The van der Waals surface area contributed by atoms with Gasteiger partial charge in [-0.2, -0.15) is 0 Å². The summed E-state index contributed by atoms with van der Waals surface area (Å²) in [5.41, 5.74) is 7.54. The third-order valence-electron chi connectivity index (χ3n) is 7.63. The van der Waals surface area contributed by atoms with E-state index in [0.717, 1.165) is 48.8 Å². The third-order valence-corrected chi connectivity index (χ3v) is 7.63. The predicted octanol–water partition coefficient (Wildman–Crippen LogP) is 3.35. The van der Waals surface area contributed by atoms with Crippen molar-refractivity contribution in [2.75, 3.05) is 19.6 Å². The van der Waals surface area contributed by atoms with Crippen molar-refractivity contribution >= 4 is 12.0 Å². The van der Waals surface area contributed by atoms with Crippen LogP contribution in [0, 0.1) is 11.8 Å². The molecule has 1 aromatic heterocycles. The number of likely N-dealkylation sites (tertiary alicyclic amines) is 1. The number of aliphatic hydroxyl groups is 1. The van der Waals surface area contributed by atoms with Crippen molar-refractivity contribution in [1.29, 1.82) is 0 Å². The zero-order chi connectivity index (χ0) is 24.8. The fourth-order valence-electron chi connectivity index (χ4n) is 5.82. The minimum atomic E-state index is -1.22. The van der Waals surface area contributed by atoms with Gasteiger partial charge in [0.1, 0.15) is 0 Å². The molecule has 188 valence electrons. The van der Waals surface area contributed by atoms with Crippen molar-refractivity contribution < 1.29 is 19.8 Å². The van der Waals surface area contributed by atoms with E-state index in [2.05, 4.69) is 10.3 Å². The highest BCUT2D eigenvalue weighted by atomic mass is 16.4. The smallest absolute Gasteiger partial charge is 0.404 e. The zero-order valence-electron chi connectivity index (χ0n) is 20.1. The first-order valence-electron chi connectivity index (χ1n) is 12.6. The van der Waals surface area contributed by atoms with Crippen LogP contribution in [0.25, 0.3) is 11.1 Å². The maximum absolute atomic E-state index is 13.3. The Balaban J connectivity index is 1.63. The van der Waals surface area contributed by atoms with E-state index >= 15 is 0 Å². The van der Waals surface area contributed by atoms with Crippen LogP contribution in [0.1, 0.15) is 50.5 Å². The molecule has 1 aromatic carbocycles. The molecule has 0 radical (unpaired) electrons. The zero-order valence-corrected chi connectivity index (χ0v) is 20.1. The number of nitrogens with two attached hydrogens (primary N) is 1. The predicted molar refractivity (Wildman–Crippen MR) is 133 cm³/mol. The van der Waals surface area contributed by atoms with Crippen LogP contribution in [0.4, 0.5) is 4.79 Å². The monoisotopic (exact) mass is 480 g/mol. The van der Waals surface area contributed by atoms with Crippen molar-refractivity contribution in [3.05, 3.63) is 54.4 Å². The Morgan fingerprint density at radius 1 is 1.14 bits per heavy atom. The van der Waals surface area contributed by atoms with Crippen LogP contribution in [-0.4, -0.2) is 57.8 Å². The topological polar surface area (TPSA) is 129 Å². The Bertz CT molecular complexity index is 1020. The van der Waals surface area contributed by atoms with E-state index < -0.39 is 11.7 Å². The van der Waals surface area contributed by atoms with Gasteiger partial charge >= 0.3 is 6.09 Å². The third kappa shape index (κ3) is 5.82. The van der Waals surface area contributed by atoms with E-state index in [1.54, 1.807) is 12.4 Å². The second-order valence-electron chi connectivity index (χ2n) is 9.93. The molecular weight excluding hydrogens is 444 g/mol. The van der Waals surface area contributed by atoms with Gasteiger partial charge in [0.05, 0.1) is 5.60 Å². The summed E-state index contributed by atoms with van der Waals surface area (Å²) in [6.45, 7) is 1.44. The molecule has 2 aliphatic rings. The van der Waals surface area contributed by atoms with Crippen LogP contribution < -0.4 is 11.1 Å². The van der Waals surface area contributed by atoms with Gasteiger partial charge in [0.15, 0.2) is 0 Å². The Morgan fingerprint density at radius 2 is 1.91 bits per heavy atom. The maximum Gasteiger partial charge on any atom is 0.404 e. The van der Waals surface area contributed by atoms with Gasteiger partial charge in [-0.05, 0) is 73.8 Å². The number of rotatable bonds is 8. The van der Waals surface area contributed by atoms with Crippen LogP contribution in [0.2, 0.25) is 0 Å². The summed E-state index contributed by atoms with van der Waals surface area (Å²) in [6.07, 6.45) is 7.32. The first kappa shape index (κ1) is 25.1. The van der Waals surface area contributed by atoms with Gasteiger partial charge in [-0.1, -0.05) is 24.3 Å². The fourth-order valence-corrected chi connectivity index (χ4v) is 5.82. The molecule has 2 unspecified atom stereocenters. The van der Waals surface area contributed by atoms with Crippen LogP contribution in [0.15, 0.2) is 48.8 Å². The number of aromatic nitrogens is 1. The second kappa shape index (κ2) is 11.2. The number of carbonyl (C=O) groups excluding carboxylic acids is 1. The Hall–Kier alpha value is -2.97. The summed E-state index contributed by atoms with van der Waals surface area (Å²) in [5.74, 6) is -0.0382. The number of nitrogens with zero attached hydrogens (tertiary/aromatic N) is 2. The quantitative estimate of drug-likeness (QED) is 0.429. The fraction of sp³-hybridized carbons (Fsp3) is 0.519. The van der Waals surface area contributed by atoms with Gasteiger partial charge in [0.25, 0.3) is 0 Å². The molecule has 8 heteroatoms. The molecule has 1 saturated heterocycles. The molecule has 0 spiro atoms. The summed E-state index contributed by atoms with van der Waals surface area (Å²) in [7, 11) is 0. The number of nitrogens with one attached hydrogen (secondary N) is 1. The van der Waals surface area contributed by atoms with Crippen LogP contribution in [0.5, 0.6) is 0 Å². The molecule has 0 bridgehead atoms. The summed E-state index contributed by atoms with van der Waals surface area (Å²) in [6, 6.07) is 11.8. The number of hydrogen-bond donors (Lipinski definition) is 4. The van der Waals surface area contributed by atoms with Crippen LogP contribution in [0.3, 0.4) is 0 Å². The van der Waals surface area contributed by atoms with E-state index in [-0.39, 0.29) is 30.3 Å². The molecule has 1 aliphatic heterocycles. The minimum absolute atomic E-state index is 0.0271. The Kier molecular flexibility index (Phi) is 8.03. The second-order valence-corrected chi connectivity index (χ2v) is 9.93. The van der Waals surface area contributed by atoms with E-state index in [1.165, 1.54) is 0 Å². The van der Waals surface area contributed by atoms with Gasteiger partial charge in [0.2, 0.25) is 5.91 Å². The van der Waals surface area contributed by atoms with Crippen LogP contribution in [-0.2, 0) is 10.4 Å². The molecule has 2 heterocycles. The average Bonchev–Trinajstić information content (AvgIpc) is 3.32. The Morgan fingerprint density at radius 3 is 2.63 bits per heavy atom. The highest BCUT2D eigenvalue weighted by Crippen LogP contribution is 2.43. The molecular formula is C27H36N4O4. The molecule has 2 amide bonds. The molecule has 1 saturated carbocycles. The lowest BCUT2D eigenvalue weighted by Gasteiger charge is -2.44. The van der Waals surface area contributed by atoms with E-state index in [0.29, 0.717) is 25.9 Å². The number of pyridine rings is 1. The first-order chi connectivity index (χ1) is 16.9. The summed E-state index contributed by atoms with van der Waals surface area (Å²) >= 11 is 0. The van der Waals surface area contributed by atoms with Crippen molar-refractivity contribution in [3.8, 4) is 11.1 Å². The Labute approximate surface area is 206 Å². The maximum atomic E-state index is 13.3. The van der Waals surface area contributed by atoms with Crippen molar-refractivity contribution in [2.45, 2.75) is 56.6 Å². The number of carbonyl (C=O) groups is 2. The van der Waals surface area contributed by atoms with Crippen molar-refractivity contribution in [1.82, 2.24) is 15.2 Å². The molecule has 1 aliphatic carbocycles. The van der Waals surface area contributed by atoms with Gasteiger partial charge in [0, 0.05) is 49.9 Å². The van der Waals surface area contributed by atoms with Gasteiger partial charge in [-0.15, -0.1) is 0 Å². The summed E-state index contributed by atoms with van der Waals surface area (Å²) in [4.78, 5) is 30.3. The van der Waals surface area contributed by atoms with Crippen molar-refractivity contribution in [2.24, 2.45) is 17.6 Å². The number of amides is 2. The number of carboxylic acid groups (broad SMARTS) is 1. The van der Waals surface area contributed by atoms with Gasteiger partial charge < -0.3 is 26.2 Å². The highest BCUT2D eigenvalue weighted by molar-refractivity contribution is 5.79. The van der Waals surface area contributed by atoms with E-state index in [9.17, 15) is 14.7 Å². The number of piperidine rings is 1. The molecule has 35 heavy (non-hydrogen) atoms. The normalized spacial score (nSPS) is 24.1. The van der Waals surface area contributed by atoms with Crippen molar-refractivity contribution in [3.63, 3.8) is 0 Å². The van der Waals surface area contributed by atoms with Gasteiger partial charge in [-0.25, -0.2) is 4.79 Å². The minimum Gasteiger partial charge on any atom is -0.465 e. The lowest BCUT2D eigenvalue weighted by atomic mass is 9.72. The molecule has 5 N–H and O–H groups in total. The molecule has 8 nitrogen and oxygen atoms in total. The SMILES string of the molecule is N[C@H]1CC[C@@H](C(=O)N2CCCC(C(O)(CCCNC(=O)O)c3ccccc3-c3ccncc3)C2)C1. The highest BCUT2D eigenvalue weighted by Gasteiger charge is 2.43. The average molecular weight is 481 g/mol. The molecule has 2 fully saturated rings. The first-order valence-corrected chi connectivity index (χ1v) is 12.6. The standard InChI is InChI=1S/C27H36N4O4/c28-22-9-8-20(17-22)25(32)31-16-3-5-21(18-31)27(35,12-4-13-30-26(33)34)24-7-2-1-6-23(24)19-10-14-29-15-11-19/h1-2,6-7,10-11,14-15,20-22,30,35H,3-5,8-9,12-13,16-18,28H2,(H,33,34)/t20-,21?,22+,27?/m1/s1. The number of benzene rings is 1. The molecule has 4 rings (SSSR count). The lowest BCUT2D eigenvalue weighted by molar-refractivity contribution is -0.140. The van der Waals surface area contributed by atoms with E-state index in [4.69, 9.17) is 10.8 Å². The largest absolute Gasteiger partial charge is 0.465 e. The molecule has 4 atom stereocenters. The van der Waals surface area contributed by atoms with Gasteiger partial charge in [-0.3, -0.25) is 9.78 Å². The lowest BCUT2D eigenvalue weighted by Crippen LogP contribution is -2.49. The molecule has 2 aromatic rings.